The van der Waals surface area contributed by atoms with Crippen molar-refractivity contribution in [2.45, 2.75) is 19.3 Å². The predicted molar refractivity (Wildman–Crippen MR) is 171 cm³/mol. The molecule has 0 bridgehead atoms. The second kappa shape index (κ2) is 7.28. The molecule has 1 aliphatic rings. The first-order chi connectivity index (χ1) is 19.0. The van der Waals surface area contributed by atoms with Gasteiger partial charge in [-0.25, -0.2) is 0 Å². The normalized spacial score (nSPS) is 14.2. The van der Waals surface area contributed by atoms with Crippen LogP contribution in [0.5, 0.6) is 0 Å². The Morgan fingerprint density at radius 2 is 1.13 bits per heavy atom. The van der Waals surface area contributed by atoms with Crippen molar-refractivity contribution in [1.82, 2.24) is 4.98 Å². The maximum absolute atomic E-state index is 3.87. The van der Waals surface area contributed by atoms with Crippen LogP contribution < -0.4 is 0 Å². The SMILES string of the molecule is CC1(C)c2cc3c4ccccc4c4ccccc4c3cc2-c2c1c1[nH]c3ccc(Br)cc3c1c1ccccc21. The highest BCUT2D eigenvalue weighted by atomic mass is 79.9. The summed E-state index contributed by atoms with van der Waals surface area (Å²) in [5.74, 6) is 0. The van der Waals surface area contributed by atoms with Crippen LogP contribution in [0.3, 0.4) is 0 Å². The van der Waals surface area contributed by atoms with Crippen LogP contribution in [-0.4, -0.2) is 4.98 Å². The molecule has 2 heteroatoms. The Morgan fingerprint density at radius 3 is 1.79 bits per heavy atom. The number of fused-ring (bicyclic) bond motifs is 16. The minimum Gasteiger partial charge on any atom is -0.354 e. The summed E-state index contributed by atoms with van der Waals surface area (Å²) in [6.07, 6.45) is 0. The van der Waals surface area contributed by atoms with Gasteiger partial charge in [-0.05, 0) is 95.7 Å². The average Bonchev–Trinajstić information content (AvgIpc) is 3.44. The van der Waals surface area contributed by atoms with Gasteiger partial charge in [0.2, 0.25) is 0 Å². The van der Waals surface area contributed by atoms with Gasteiger partial charge in [-0.15, -0.1) is 0 Å². The lowest BCUT2D eigenvalue weighted by atomic mass is 9.80. The average molecular weight is 563 g/mol. The largest absolute Gasteiger partial charge is 0.354 e. The maximum atomic E-state index is 3.87. The van der Waals surface area contributed by atoms with E-state index in [4.69, 9.17) is 0 Å². The molecule has 1 aromatic heterocycles. The van der Waals surface area contributed by atoms with Gasteiger partial charge >= 0.3 is 0 Å². The molecule has 0 fully saturated rings. The van der Waals surface area contributed by atoms with Crippen LogP contribution in [0.25, 0.3) is 76.0 Å². The van der Waals surface area contributed by atoms with Gasteiger partial charge in [-0.1, -0.05) is 103 Å². The summed E-state index contributed by atoms with van der Waals surface area (Å²) < 4.78 is 1.10. The fourth-order valence-electron chi connectivity index (χ4n) is 7.52. The molecule has 184 valence electrons. The molecule has 0 saturated carbocycles. The van der Waals surface area contributed by atoms with Gasteiger partial charge in [-0.2, -0.15) is 0 Å². The zero-order valence-corrected chi connectivity index (χ0v) is 23.3. The van der Waals surface area contributed by atoms with Gasteiger partial charge in [0.15, 0.2) is 0 Å². The molecule has 1 heterocycles. The number of nitrogens with one attached hydrogen (secondary N) is 1. The van der Waals surface area contributed by atoms with Crippen LogP contribution in [0.1, 0.15) is 25.0 Å². The third kappa shape index (κ3) is 2.65. The third-order valence-electron chi connectivity index (χ3n) is 9.18. The van der Waals surface area contributed by atoms with Crippen LogP contribution in [-0.2, 0) is 5.41 Å². The Balaban J connectivity index is 1.53. The van der Waals surface area contributed by atoms with Crippen LogP contribution in [0.2, 0.25) is 0 Å². The van der Waals surface area contributed by atoms with Crippen LogP contribution in [0.15, 0.2) is 108 Å². The highest BCUT2D eigenvalue weighted by Crippen LogP contribution is 2.56. The zero-order chi connectivity index (χ0) is 26.0. The first-order valence-electron chi connectivity index (χ1n) is 13.6. The molecule has 8 aromatic rings. The number of hydrogen-bond donors (Lipinski definition) is 1. The smallest absolute Gasteiger partial charge is 0.0519 e. The maximum Gasteiger partial charge on any atom is 0.0519 e. The van der Waals surface area contributed by atoms with E-state index >= 15 is 0 Å². The number of aromatic nitrogens is 1. The Kier molecular flexibility index (Phi) is 4.06. The second-order valence-corrected chi connectivity index (χ2v) is 12.4. The van der Waals surface area contributed by atoms with Crippen molar-refractivity contribution in [3.8, 4) is 11.1 Å². The van der Waals surface area contributed by atoms with Gasteiger partial charge in [0.05, 0.1) is 5.52 Å². The van der Waals surface area contributed by atoms with E-state index in [9.17, 15) is 0 Å². The first-order valence-corrected chi connectivity index (χ1v) is 14.4. The third-order valence-corrected chi connectivity index (χ3v) is 9.67. The van der Waals surface area contributed by atoms with E-state index in [1.807, 2.05) is 0 Å². The van der Waals surface area contributed by atoms with Crippen molar-refractivity contribution >= 4 is 80.8 Å². The number of aromatic amines is 1. The Labute approximate surface area is 234 Å². The Morgan fingerprint density at radius 1 is 0.564 bits per heavy atom. The van der Waals surface area contributed by atoms with Crippen LogP contribution in [0, 0.1) is 0 Å². The highest BCUT2D eigenvalue weighted by molar-refractivity contribution is 9.10. The van der Waals surface area contributed by atoms with Crippen LogP contribution in [0.4, 0.5) is 0 Å². The lowest BCUT2D eigenvalue weighted by Gasteiger charge is -2.23. The molecular formula is C37H24BrN. The Bertz CT molecular complexity index is 2370. The number of rotatable bonds is 0. The molecule has 0 spiro atoms. The van der Waals surface area contributed by atoms with Crippen molar-refractivity contribution in [2.24, 2.45) is 0 Å². The standard InChI is InChI=1S/C37H24BrN/c1-37(2)31-19-28-24-12-6-4-10-22(24)21-9-3-5-11-23(21)27(28)18-29(31)33-25-13-7-8-14-26(25)34-30-17-20(38)15-16-32(30)39-36(34)35(33)37/h3-19,39H,1-2H3. The molecule has 9 rings (SSSR count). The molecule has 0 amide bonds. The first kappa shape index (κ1) is 21.8. The summed E-state index contributed by atoms with van der Waals surface area (Å²) in [5.41, 5.74) is 7.83. The highest BCUT2D eigenvalue weighted by Gasteiger charge is 2.40. The number of hydrogen-bond acceptors (Lipinski definition) is 0. The van der Waals surface area contributed by atoms with Gasteiger partial charge in [0.25, 0.3) is 0 Å². The monoisotopic (exact) mass is 561 g/mol. The molecule has 0 atom stereocenters. The van der Waals surface area contributed by atoms with Crippen molar-refractivity contribution in [3.05, 3.63) is 119 Å². The minimum atomic E-state index is -0.161. The predicted octanol–water partition coefficient (Wildman–Crippen LogP) is 11.0. The van der Waals surface area contributed by atoms with E-state index in [2.05, 4.69) is 138 Å². The molecule has 1 nitrogen and oxygen atoms in total. The van der Waals surface area contributed by atoms with E-state index in [-0.39, 0.29) is 5.41 Å². The van der Waals surface area contributed by atoms with E-state index in [1.165, 1.54) is 87.1 Å². The quantitative estimate of drug-likeness (QED) is 0.177. The summed E-state index contributed by atoms with van der Waals surface area (Å²) in [5, 5.41) is 13.2. The van der Waals surface area contributed by atoms with E-state index in [0.717, 1.165) is 4.47 Å². The van der Waals surface area contributed by atoms with Gasteiger partial charge < -0.3 is 4.98 Å². The summed E-state index contributed by atoms with van der Waals surface area (Å²) >= 11 is 3.73. The van der Waals surface area contributed by atoms with Gasteiger partial charge in [0, 0.05) is 26.2 Å². The molecule has 7 aromatic carbocycles. The zero-order valence-electron chi connectivity index (χ0n) is 21.7. The molecule has 1 aliphatic carbocycles. The van der Waals surface area contributed by atoms with Crippen molar-refractivity contribution in [1.29, 1.82) is 0 Å². The van der Waals surface area contributed by atoms with E-state index in [1.54, 1.807) is 0 Å². The van der Waals surface area contributed by atoms with Crippen LogP contribution >= 0.6 is 15.9 Å². The Hall–Kier alpha value is -4.14. The molecule has 0 aliphatic heterocycles. The minimum absolute atomic E-state index is 0.161. The van der Waals surface area contributed by atoms with Gasteiger partial charge in [0.1, 0.15) is 0 Å². The molecule has 39 heavy (non-hydrogen) atoms. The summed E-state index contributed by atoms with van der Waals surface area (Å²) in [6, 6.07) is 38.3. The molecule has 1 N–H and O–H groups in total. The lowest BCUT2D eigenvalue weighted by molar-refractivity contribution is 0.666. The second-order valence-electron chi connectivity index (χ2n) is 11.5. The lowest BCUT2D eigenvalue weighted by Crippen LogP contribution is -2.15. The molecule has 0 saturated heterocycles. The number of H-pyrrole nitrogens is 1. The fraction of sp³-hybridized carbons (Fsp3) is 0.0811. The van der Waals surface area contributed by atoms with Crippen molar-refractivity contribution < 1.29 is 0 Å². The fourth-order valence-corrected chi connectivity index (χ4v) is 7.89. The van der Waals surface area contributed by atoms with Crippen molar-refractivity contribution in [3.63, 3.8) is 0 Å². The number of benzene rings is 7. The topological polar surface area (TPSA) is 15.8 Å². The van der Waals surface area contributed by atoms with Gasteiger partial charge in [-0.3, -0.25) is 0 Å². The van der Waals surface area contributed by atoms with E-state index in [0.29, 0.717) is 0 Å². The van der Waals surface area contributed by atoms with Crippen molar-refractivity contribution in [2.75, 3.05) is 0 Å². The summed E-state index contributed by atoms with van der Waals surface area (Å²) in [4.78, 5) is 3.87. The van der Waals surface area contributed by atoms with E-state index < -0.39 is 0 Å². The summed E-state index contributed by atoms with van der Waals surface area (Å²) in [7, 11) is 0. The molecular weight excluding hydrogens is 538 g/mol. The molecule has 0 unspecified atom stereocenters. The molecule has 0 radical (unpaired) electrons. The number of halogens is 1. The summed E-state index contributed by atoms with van der Waals surface area (Å²) in [6.45, 7) is 4.81.